The van der Waals surface area contributed by atoms with E-state index in [-0.39, 0.29) is 0 Å². The summed E-state index contributed by atoms with van der Waals surface area (Å²) in [6, 6.07) is 6.70. The Morgan fingerprint density at radius 2 is 2.00 bits per heavy atom. The number of hydrogen-bond donors (Lipinski definition) is 1. The van der Waals surface area contributed by atoms with Crippen molar-refractivity contribution in [3.63, 3.8) is 0 Å². The number of hydrogen-bond acceptors (Lipinski definition) is 1. The van der Waals surface area contributed by atoms with Crippen LogP contribution in [-0.2, 0) is 0 Å². The maximum absolute atomic E-state index is 6.21. The van der Waals surface area contributed by atoms with Crippen LogP contribution in [0.1, 0.15) is 58.1 Å². The molecule has 19 heavy (non-hydrogen) atoms. The van der Waals surface area contributed by atoms with Gasteiger partial charge in [-0.15, -0.1) is 0 Å². The lowest BCUT2D eigenvalue weighted by Gasteiger charge is -2.23. The van der Waals surface area contributed by atoms with Crippen molar-refractivity contribution in [3.8, 4) is 0 Å². The molecule has 0 heterocycles. The van der Waals surface area contributed by atoms with Gasteiger partial charge in [-0.1, -0.05) is 51.3 Å². The van der Waals surface area contributed by atoms with Gasteiger partial charge in [0.2, 0.25) is 0 Å². The predicted molar refractivity (Wildman–Crippen MR) is 88.9 cm³/mol. The molecule has 0 radical (unpaired) electrons. The van der Waals surface area contributed by atoms with Crippen LogP contribution in [0, 0.1) is 5.92 Å². The third-order valence-electron chi connectivity index (χ3n) is 3.41. The van der Waals surface area contributed by atoms with Crippen molar-refractivity contribution in [2.75, 3.05) is 6.54 Å². The van der Waals surface area contributed by atoms with E-state index in [0.717, 1.165) is 28.4 Å². The average molecular weight is 347 g/mol. The highest BCUT2D eigenvalue weighted by atomic mass is 79.9. The first-order valence-corrected chi connectivity index (χ1v) is 8.43. The predicted octanol–water partition coefficient (Wildman–Crippen LogP) is 5.97. The third kappa shape index (κ3) is 5.85. The number of nitrogens with one attached hydrogen (secondary N) is 1. The lowest BCUT2D eigenvalue weighted by atomic mass is 9.93. The summed E-state index contributed by atoms with van der Waals surface area (Å²) in [5, 5.41) is 4.44. The van der Waals surface area contributed by atoms with Gasteiger partial charge < -0.3 is 5.32 Å². The molecule has 0 bridgehead atoms. The Bertz CT molecular complexity index is 381. The zero-order chi connectivity index (χ0) is 14.3. The highest BCUT2D eigenvalue weighted by molar-refractivity contribution is 9.10. The molecule has 1 nitrogen and oxygen atoms in total. The van der Waals surface area contributed by atoms with Crippen LogP contribution in [-0.4, -0.2) is 6.54 Å². The van der Waals surface area contributed by atoms with Crippen molar-refractivity contribution >= 4 is 27.5 Å². The van der Waals surface area contributed by atoms with Gasteiger partial charge in [-0.25, -0.2) is 0 Å². The molecule has 0 saturated heterocycles. The zero-order valence-corrected chi connectivity index (χ0v) is 14.5. The molecule has 108 valence electrons. The van der Waals surface area contributed by atoms with E-state index >= 15 is 0 Å². The quantitative estimate of drug-likeness (QED) is 0.611. The fourth-order valence-electron chi connectivity index (χ4n) is 2.40. The Kier molecular flexibility index (Phi) is 8.05. The Morgan fingerprint density at radius 3 is 2.58 bits per heavy atom. The minimum absolute atomic E-state index is 0.409. The van der Waals surface area contributed by atoms with Crippen molar-refractivity contribution in [1.29, 1.82) is 0 Å². The van der Waals surface area contributed by atoms with Gasteiger partial charge in [0.05, 0.1) is 5.02 Å². The Balaban J connectivity index is 2.79. The van der Waals surface area contributed by atoms with Crippen LogP contribution >= 0.6 is 27.5 Å². The monoisotopic (exact) mass is 345 g/mol. The largest absolute Gasteiger partial charge is 0.310 e. The van der Waals surface area contributed by atoms with Crippen LogP contribution in [0.15, 0.2) is 22.7 Å². The summed E-state index contributed by atoms with van der Waals surface area (Å²) in [4.78, 5) is 0. The summed E-state index contributed by atoms with van der Waals surface area (Å²) >= 11 is 9.67. The summed E-state index contributed by atoms with van der Waals surface area (Å²) in [6.45, 7) is 7.84. The van der Waals surface area contributed by atoms with Gasteiger partial charge >= 0.3 is 0 Å². The van der Waals surface area contributed by atoms with Crippen LogP contribution in [0.3, 0.4) is 0 Å². The second-order valence-corrected chi connectivity index (χ2v) is 6.57. The molecule has 2 unspecified atom stereocenters. The fourth-order valence-corrected chi connectivity index (χ4v) is 2.83. The first-order chi connectivity index (χ1) is 9.08. The molecule has 0 aromatic heterocycles. The van der Waals surface area contributed by atoms with Crippen molar-refractivity contribution < 1.29 is 0 Å². The molecular weight excluding hydrogens is 322 g/mol. The second-order valence-electron chi connectivity index (χ2n) is 5.31. The second kappa shape index (κ2) is 8.99. The van der Waals surface area contributed by atoms with Crippen LogP contribution in [0.2, 0.25) is 5.02 Å². The molecule has 2 atom stereocenters. The first-order valence-electron chi connectivity index (χ1n) is 7.26. The summed E-state index contributed by atoms with van der Waals surface area (Å²) in [6.07, 6.45) is 4.87. The van der Waals surface area contributed by atoms with Gasteiger partial charge in [0.1, 0.15) is 0 Å². The van der Waals surface area contributed by atoms with Crippen LogP contribution in [0.5, 0.6) is 0 Å². The summed E-state index contributed by atoms with van der Waals surface area (Å²) < 4.78 is 0.966. The molecule has 0 aliphatic heterocycles. The van der Waals surface area contributed by atoms with E-state index in [1.165, 1.54) is 24.8 Å². The number of halogens is 2. The highest BCUT2D eigenvalue weighted by Crippen LogP contribution is 2.29. The summed E-state index contributed by atoms with van der Waals surface area (Å²) in [5.74, 6) is 0.738. The molecular formula is C16H25BrClN. The molecule has 1 aromatic rings. The summed E-state index contributed by atoms with van der Waals surface area (Å²) in [7, 11) is 0. The van der Waals surface area contributed by atoms with E-state index in [9.17, 15) is 0 Å². The van der Waals surface area contributed by atoms with E-state index in [1.54, 1.807) is 0 Å². The Hall–Kier alpha value is -0.0500. The van der Waals surface area contributed by atoms with Crippen molar-refractivity contribution in [3.05, 3.63) is 33.3 Å². The molecule has 3 heteroatoms. The topological polar surface area (TPSA) is 12.0 Å². The van der Waals surface area contributed by atoms with E-state index < -0.39 is 0 Å². The SMILES string of the molecule is CCCNC(CC(C)CCC)c1ccc(Br)c(Cl)c1. The third-order valence-corrected chi connectivity index (χ3v) is 4.64. The number of rotatable bonds is 8. The van der Waals surface area contributed by atoms with E-state index in [2.05, 4.69) is 54.2 Å². The molecule has 0 spiro atoms. The fraction of sp³-hybridized carbons (Fsp3) is 0.625. The van der Waals surface area contributed by atoms with Gasteiger partial charge in [-0.3, -0.25) is 0 Å². The van der Waals surface area contributed by atoms with E-state index in [1.807, 2.05) is 6.07 Å². The van der Waals surface area contributed by atoms with Gasteiger partial charge in [-0.2, -0.15) is 0 Å². The normalized spacial score (nSPS) is 14.4. The molecule has 0 amide bonds. The van der Waals surface area contributed by atoms with Crippen LogP contribution in [0.4, 0.5) is 0 Å². The van der Waals surface area contributed by atoms with E-state index in [0.29, 0.717) is 6.04 Å². The standard InChI is InChI=1S/C16H25BrClN/c1-4-6-12(3)10-16(19-9-5-2)13-7-8-14(17)15(18)11-13/h7-8,11-12,16,19H,4-6,9-10H2,1-3H3. The minimum Gasteiger partial charge on any atom is -0.310 e. The van der Waals surface area contributed by atoms with Gasteiger partial charge in [-0.05, 0) is 58.9 Å². The van der Waals surface area contributed by atoms with Crippen LogP contribution in [0.25, 0.3) is 0 Å². The van der Waals surface area contributed by atoms with Gasteiger partial charge in [0, 0.05) is 10.5 Å². The number of benzene rings is 1. The van der Waals surface area contributed by atoms with Gasteiger partial charge in [0.15, 0.2) is 0 Å². The molecule has 0 saturated carbocycles. The van der Waals surface area contributed by atoms with Crippen molar-refractivity contribution in [1.82, 2.24) is 5.32 Å². The smallest absolute Gasteiger partial charge is 0.0551 e. The maximum Gasteiger partial charge on any atom is 0.0551 e. The first kappa shape index (κ1) is 17.0. The van der Waals surface area contributed by atoms with Gasteiger partial charge in [0.25, 0.3) is 0 Å². The minimum atomic E-state index is 0.409. The maximum atomic E-state index is 6.21. The highest BCUT2D eigenvalue weighted by Gasteiger charge is 2.15. The molecule has 0 aliphatic carbocycles. The van der Waals surface area contributed by atoms with Crippen molar-refractivity contribution in [2.45, 2.75) is 52.5 Å². The molecule has 0 fully saturated rings. The molecule has 1 N–H and O–H groups in total. The lowest BCUT2D eigenvalue weighted by molar-refractivity contribution is 0.390. The lowest BCUT2D eigenvalue weighted by Crippen LogP contribution is -2.24. The van der Waals surface area contributed by atoms with Crippen molar-refractivity contribution in [2.24, 2.45) is 5.92 Å². The Morgan fingerprint density at radius 1 is 1.26 bits per heavy atom. The molecule has 1 rings (SSSR count). The Labute approximate surface area is 131 Å². The molecule has 1 aromatic carbocycles. The summed E-state index contributed by atoms with van der Waals surface area (Å²) in [5.41, 5.74) is 1.30. The van der Waals surface area contributed by atoms with Crippen LogP contribution < -0.4 is 5.32 Å². The zero-order valence-electron chi connectivity index (χ0n) is 12.2. The average Bonchev–Trinajstić information content (AvgIpc) is 2.38. The van der Waals surface area contributed by atoms with E-state index in [4.69, 9.17) is 11.6 Å². The molecule has 0 aliphatic rings.